The van der Waals surface area contributed by atoms with Crippen LogP contribution < -0.4 is 14.8 Å². The fourth-order valence-electron chi connectivity index (χ4n) is 2.81. The normalized spacial score (nSPS) is 12.9. The molecule has 7 heteroatoms. The Kier molecular flexibility index (Phi) is 6.21. The first-order valence-electron chi connectivity index (χ1n) is 8.81. The van der Waals surface area contributed by atoms with Gasteiger partial charge in [-0.1, -0.05) is 29.8 Å². The summed E-state index contributed by atoms with van der Waals surface area (Å²) in [6.07, 6.45) is 2.83. The van der Waals surface area contributed by atoms with Crippen LogP contribution >= 0.6 is 11.6 Å². The van der Waals surface area contributed by atoms with Crippen LogP contribution in [0.25, 0.3) is 0 Å². The van der Waals surface area contributed by atoms with Gasteiger partial charge in [0.1, 0.15) is 23.4 Å². The third-order valence-electron chi connectivity index (χ3n) is 4.33. The molecule has 0 saturated heterocycles. The maximum atomic E-state index is 12.8. The number of aryl methyl sites for hydroxylation is 1. The zero-order valence-corrected chi connectivity index (χ0v) is 16.7. The molecular weight excluding hydrogens is 378 g/mol. The fourth-order valence-corrected chi connectivity index (χ4v) is 2.99. The van der Waals surface area contributed by atoms with Crippen LogP contribution in [-0.4, -0.2) is 28.7 Å². The summed E-state index contributed by atoms with van der Waals surface area (Å²) in [4.78, 5) is 17.2. The number of benzene rings is 2. The SMILES string of the molecule is COc1ccc(C(NC(=O)C(C)Oc2cccc(Cl)c2)c2nccn2C)cc1. The first kappa shape index (κ1) is 19.8. The van der Waals surface area contributed by atoms with Crippen LogP contribution in [0.5, 0.6) is 11.5 Å². The van der Waals surface area contributed by atoms with Crippen molar-refractivity contribution < 1.29 is 14.3 Å². The van der Waals surface area contributed by atoms with Crippen molar-refractivity contribution in [2.45, 2.75) is 19.1 Å². The molecule has 2 atom stereocenters. The van der Waals surface area contributed by atoms with Crippen molar-refractivity contribution in [2.75, 3.05) is 7.11 Å². The summed E-state index contributed by atoms with van der Waals surface area (Å²) >= 11 is 5.98. The number of methoxy groups -OCH3 is 1. The zero-order chi connectivity index (χ0) is 20.1. The number of halogens is 1. The molecule has 0 radical (unpaired) electrons. The van der Waals surface area contributed by atoms with Gasteiger partial charge in [-0.15, -0.1) is 0 Å². The van der Waals surface area contributed by atoms with Crippen LogP contribution in [0.15, 0.2) is 60.9 Å². The molecule has 6 nitrogen and oxygen atoms in total. The lowest BCUT2D eigenvalue weighted by Crippen LogP contribution is -2.39. The number of amides is 1. The van der Waals surface area contributed by atoms with Gasteiger partial charge in [0.25, 0.3) is 5.91 Å². The summed E-state index contributed by atoms with van der Waals surface area (Å²) in [6.45, 7) is 1.69. The van der Waals surface area contributed by atoms with Gasteiger partial charge in [0.05, 0.1) is 7.11 Å². The van der Waals surface area contributed by atoms with Crippen molar-refractivity contribution in [1.29, 1.82) is 0 Å². The van der Waals surface area contributed by atoms with Crippen molar-refractivity contribution in [3.8, 4) is 11.5 Å². The number of hydrogen-bond donors (Lipinski definition) is 1. The Labute approximate surface area is 169 Å². The van der Waals surface area contributed by atoms with Crippen LogP contribution in [0.4, 0.5) is 0 Å². The van der Waals surface area contributed by atoms with Gasteiger partial charge in [-0.05, 0) is 42.8 Å². The van der Waals surface area contributed by atoms with E-state index in [2.05, 4.69) is 10.3 Å². The molecule has 146 valence electrons. The third-order valence-corrected chi connectivity index (χ3v) is 4.57. The molecule has 3 rings (SSSR count). The fraction of sp³-hybridized carbons (Fsp3) is 0.238. The van der Waals surface area contributed by atoms with Gasteiger partial charge >= 0.3 is 0 Å². The minimum atomic E-state index is -0.709. The van der Waals surface area contributed by atoms with E-state index < -0.39 is 12.1 Å². The zero-order valence-electron chi connectivity index (χ0n) is 15.9. The van der Waals surface area contributed by atoms with Crippen molar-refractivity contribution in [3.05, 3.63) is 77.3 Å². The van der Waals surface area contributed by atoms with Crippen molar-refractivity contribution in [2.24, 2.45) is 7.05 Å². The second kappa shape index (κ2) is 8.80. The van der Waals surface area contributed by atoms with E-state index in [1.807, 2.05) is 42.1 Å². The molecule has 0 aliphatic rings. The van der Waals surface area contributed by atoms with Crippen molar-refractivity contribution >= 4 is 17.5 Å². The molecule has 0 aliphatic heterocycles. The van der Waals surface area contributed by atoms with Gasteiger partial charge in [0.15, 0.2) is 6.10 Å². The van der Waals surface area contributed by atoms with E-state index >= 15 is 0 Å². The van der Waals surface area contributed by atoms with E-state index in [9.17, 15) is 4.79 Å². The lowest BCUT2D eigenvalue weighted by atomic mass is 10.1. The van der Waals surface area contributed by atoms with Crippen molar-refractivity contribution in [1.82, 2.24) is 14.9 Å². The van der Waals surface area contributed by atoms with Crippen LogP contribution in [-0.2, 0) is 11.8 Å². The molecule has 1 N–H and O–H groups in total. The average Bonchev–Trinajstić information content (AvgIpc) is 3.11. The van der Waals surface area contributed by atoms with Gasteiger partial charge in [-0.3, -0.25) is 4.79 Å². The highest BCUT2D eigenvalue weighted by molar-refractivity contribution is 6.30. The number of carbonyl (C=O) groups excluding carboxylic acids is 1. The van der Waals surface area contributed by atoms with E-state index in [4.69, 9.17) is 21.1 Å². The summed E-state index contributed by atoms with van der Waals surface area (Å²) in [5, 5.41) is 3.58. The third kappa shape index (κ3) is 4.64. The van der Waals surface area contributed by atoms with Gasteiger partial charge < -0.3 is 19.4 Å². The predicted octanol–water partition coefficient (Wildman–Crippen LogP) is 3.76. The van der Waals surface area contributed by atoms with Crippen LogP contribution in [0.2, 0.25) is 5.02 Å². The highest BCUT2D eigenvalue weighted by atomic mass is 35.5. The van der Waals surface area contributed by atoms with E-state index in [0.29, 0.717) is 16.6 Å². The van der Waals surface area contributed by atoms with E-state index in [-0.39, 0.29) is 5.91 Å². The van der Waals surface area contributed by atoms with Crippen LogP contribution in [0, 0.1) is 0 Å². The average molecular weight is 400 g/mol. The lowest BCUT2D eigenvalue weighted by molar-refractivity contribution is -0.127. The molecule has 0 aliphatic carbocycles. The smallest absolute Gasteiger partial charge is 0.261 e. The number of hydrogen-bond acceptors (Lipinski definition) is 4. The molecular formula is C21H22ClN3O3. The standard InChI is InChI=1S/C21H22ClN3O3/c1-14(28-18-6-4-5-16(22)13-18)21(26)24-19(20-23-11-12-25(20)2)15-7-9-17(27-3)10-8-15/h4-14,19H,1-3H3,(H,24,26). The number of carbonyl (C=O) groups is 1. The quantitative estimate of drug-likeness (QED) is 0.657. The Morgan fingerprint density at radius 3 is 2.54 bits per heavy atom. The highest BCUT2D eigenvalue weighted by Gasteiger charge is 2.24. The summed E-state index contributed by atoms with van der Waals surface area (Å²) in [5.74, 6) is 1.73. The molecule has 0 spiro atoms. The molecule has 0 saturated carbocycles. The Bertz CT molecular complexity index is 940. The highest BCUT2D eigenvalue weighted by Crippen LogP contribution is 2.24. The molecule has 1 aromatic heterocycles. The topological polar surface area (TPSA) is 65.4 Å². The number of rotatable bonds is 7. The Morgan fingerprint density at radius 2 is 1.93 bits per heavy atom. The Balaban J connectivity index is 1.80. The van der Waals surface area contributed by atoms with E-state index in [1.54, 1.807) is 44.5 Å². The Hall–Kier alpha value is -2.99. The van der Waals surface area contributed by atoms with Gasteiger partial charge in [0.2, 0.25) is 0 Å². The minimum Gasteiger partial charge on any atom is -0.497 e. The number of nitrogens with zero attached hydrogens (tertiary/aromatic N) is 2. The van der Waals surface area contributed by atoms with Gasteiger partial charge in [-0.25, -0.2) is 4.98 Å². The maximum Gasteiger partial charge on any atom is 0.261 e. The first-order chi connectivity index (χ1) is 13.5. The second-order valence-electron chi connectivity index (χ2n) is 6.33. The first-order valence-corrected chi connectivity index (χ1v) is 9.19. The molecule has 1 heterocycles. The Morgan fingerprint density at radius 1 is 1.18 bits per heavy atom. The molecule has 2 unspecified atom stereocenters. The largest absolute Gasteiger partial charge is 0.497 e. The lowest BCUT2D eigenvalue weighted by Gasteiger charge is -2.22. The minimum absolute atomic E-state index is 0.260. The summed E-state index contributed by atoms with van der Waals surface area (Å²) in [7, 11) is 3.50. The molecule has 0 fully saturated rings. The van der Waals surface area contributed by atoms with Crippen LogP contribution in [0.3, 0.4) is 0 Å². The van der Waals surface area contributed by atoms with Gasteiger partial charge in [-0.2, -0.15) is 0 Å². The predicted molar refractivity (Wildman–Crippen MR) is 108 cm³/mol. The number of nitrogens with one attached hydrogen (secondary N) is 1. The maximum absolute atomic E-state index is 12.8. The number of imidazole rings is 1. The summed E-state index contributed by atoms with van der Waals surface area (Å²) in [5.41, 5.74) is 0.887. The molecule has 28 heavy (non-hydrogen) atoms. The van der Waals surface area contributed by atoms with Gasteiger partial charge in [0, 0.05) is 24.5 Å². The summed E-state index contributed by atoms with van der Waals surface area (Å²) in [6, 6.07) is 14.0. The molecule has 3 aromatic rings. The van der Waals surface area contributed by atoms with E-state index in [0.717, 1.165) is 11.3 Å². The summed E-state index contributed by atoms with van der Waals surface area (Å²) < 4.78 is 12.8. The molecule has 1 amide bonds. The molecule has 2 aromatic carbocycles. The monoisotopic (exact) mass is 399 g/mol. The van der Waals surface area contributed by atoms with E-state index in [1.165, 1.54) is 0 Å². The van der Waals surface area contributed by atoms with Crippen molar-refractivity contribution in [3.63, 3.8) is 0 Å². The number of aromatic nitrogens is 2. The number of ether oxygens (including phenoxy) is 2. The molecule has 0 bridgehead atoms. The second-order valence-corrected chi connectivity index (χ2v) is 6.76. The van der Waals surface area contributed by atoms with Crippen LogP contribution in [0.1, 0.15) is 24.4 Å².